The molecule has 1 fully saturated rings. The van der Waals surface area contributed by atoms with Crippen LogP contribution in [0.25, 0.3) is 0 Å². The minimum absolute atomic E-state index is 0.0522. The number of carbonyl (C=O) groups is 3. The summed E-state index contributed by atoms with van der Waals surface area (Å²) < 4.78 is 0. The van der Waals surface area contributed by atoms with Crippen LogP contribution in [0.3, 0.4) is 0 Å². The van der Waals surface area contributed by atoms with Crippen molar-refractivity contribution in [3.05, 3.63) is 65.7 Å². The molecule has 0 radical (unpaired) electrons. The summed E-state index contributed by atoms with van der Waals surface area (Å²) in [6.45, 7) is 4.07. The van der Waals surface area contributed by atoms with Crippen molar-refractivity contribution in [3.8, 4) is 0 Å². The van der Waals surface area contributed by atoms with Crippen LogP contribution < -0.4 is 10.6 Å². The van der Waals surface area contributed by atoms with Gasteiger partial charge >= 0.3 is 0 Å². The lowest BCUT2D eigenvalue weighted by molar-refractivity contribution is -0.127. The lowest BCUT2D eigenvalue weighted by atomic mass is 9.97. The highest BCUT2D eigenvalue weighted by Gasteiger charge is 2.26. The molecule has 3 rings (SSSR count). The number of anilines is 1. The average molecular weight is 393 g/mol. The first-order valence-electron chi connectivity index (χ1n) is 10.1. The number of rotatable bonds is 7. The summed E-state index contributed by atoms with van der Waals surface area (Å²) in [6, 6.07) is 16.0. The van der Waals surface area contributed by atoms with Gasteiger partial charge in [-0.05, 0) is 38.4 Å². The molecule has 1 aliphatic heterocycles. The summed E-state index contributed by atoms with van der Waals surface area (Å²) >= 11 is 0. The fourth-order valence-corrected chi connectivity index (χ4v) is 3.66. The van der Waals surface area contributed by atoms with Crippen LogP contribution in [0.4, 0.5) is 5.69 Å². The Labute approximate surface area is 171 Å². The Bertz CT molecular complexity index is 867. The topological polar surface area (TPSA) is 78.5 Å². The van der Waals surface area contributed by atoms with Crippen molar-refractivity contribution in [2.24, 2.45) is 5.92 Å². The Balaban J connectivity index is 1.64. The Hall–Kier alpha value is -2.99. The number of ketones is 1. The van der Waals surface area contributed by atoms with Crippen molar-refractivity contribution < 1.29 is 14.4 Å². The number of amides is 2. The van der Waals surface area contributed by atoms with Crippen LogP contribution in [-0.2, 0) is 9.59 Å². The minimum Gasteiger partial charge on any atom is -0.356 e. The van der Waals surface area contributed by atoms with E-state index in [2.05, 4.69) is 10.6 Å². The SMILES string of the molecule is CCNC(=O)C1CCCN(CC(=O)Nc2ccccc2C(=O)c2ccccc2)C1. The van der Waals surface area contributed by atoms with E-state index in [0.717, 1.165) is 19.4 Å². The molecule has 152 valence electrons. The van der Waals surface area contributed by atoms with E-state index in [1.165, 1.54) is 0 Å². The molecule has 6 nitrogen and oxygen atoms in total. The highest BCUT2D eigenvalue weighted by Crippen LogP contribution is 2.20. The first-order chi connectivity index (χ1) is 14.1. The van der Waals surface area contributed by atoms with Crippen LogP contribution in [-0.4, -0.2) is 48.7 Å². The van der Waals surface area contributed by atoms with E-state index >= 15 is 0 Å². The van der Waals surface area contributed by atoms with Crippen molar-refractivity contribution in [3.63, 3.8) is 0 Å². The molecule has 0 aliphatic carbocycles. The molecule has 0 bridgehead atoms. The molecule has 2 N–H and O–H groups in total. The van der Waals surface area contributed by atoms with Gasteiger partial charge in [0.1, 0.15) is 0 Å². The summed E-state index contributed by atoms with van der Waals surface area (Å²) in [7, 11) is 0. The van der Waals surface area contributed by atoms with Crippen molar-refractivity contribution in [1.82, 2.24) is 10.2 Å². The molecular formula is C23H27N3O3. The molecular weight excluding hydrogens is 366 g/mol. The van der Waals surface area contributed by atoms with Crippen LogP contribution in [0.5, 0.6) is 0 Å². The Morgan fingerprint density at radius 1 is 1.03 bits per heavy atom. The van der Waals surface area contributed by atoms with Gasteiger partial charge in [0.2, 0.25) is 11.8 Å². The largest absolute Gasteiger partial charge is 0.356 e. The van der Waals surface area contributed by atoms with Gasteiger partial charge in [-0.3, -0.25) is 19.3 Å². The lowest BCUT2D eigenvalue weighted by Crippen LogP contribution is -2.45. The zero-order valence-corrected chi connectivity index (χ0v) is 16.7. The summed E-state index contributed by atoms with van der Waals surface area (Å²) in [5, 5.41) is 5.74. The maximum Gasteiger partial charge on any atom is 0.238 e. The molecule has 2 aromatic rings. The van der Waals surface area contributed by atoms with Crippen LogP contribution in [0.15, 0.2) is 54.6 Å². The number of piperidine rings is 1. The van der Waals surface area contributed by atoms with Gasteiger partial charge in [-0.15, -0.1) is 0 Å². The predicted octanol–water partition coefficient (Wildman–Crippen LogP) is 2.70. The van der Waals surface area contributed by atoms with E-state index < -0.39 is 0 Å². The van der Waals surface area contributed by atoms with Gasteiger partial charge in [0.15, 0.2) is 5.78 Å². The third kappa shape index (κ3) is 5.51. The molecule has 2 amide bonds. The first kappa shape index (κ1) is 20.7. The van der Waals surface area contributed by atoms with Crippen molar-refractivity contribution >= 4 is 23.3 Å². The van der Waals surface area contributed by atoms with Gasteiger partial charge in [0, 0.05) is 24.2 Å². The lowest BCUT2D eigenvalue weighted by Gasteiger charge is -2.31. The molecule has 6 heteroatoms. The summed E-state index contributed by atoms with van der Waals surface area (Å²) in [4.78, 5) is 39.5. The van der Waals surface area contributed by atoms with Gasteiger partial charge in [0.05, 0.1) is 18.2 Å². The molecule has 1 atom stereocenters. The Morgan fingerprint density at radius 2 is 1.76 bits per heavy atom. The van der Waals surface area contributed by atoms with E-state index in [1.807, 2.05) is 30.0 Å². The zero-order valence-electron chi connectivity index (χ0n) is 16.7. The second kappa shape index (κ2) is 9.98. The highest BCUT2D eigenvalue weighted by atomic mass is 16.2. The van der Waals surface area contributed by atoms with E-state index in [1.54, 1.807) is 36.4 Å². The Kier molecular flexibility index (Phi) is 7.14. The van der Waals surface area contributed by atoms with Crippen molar-refractivity contribution in [2.45, 2.75) is 19.8 Å². The molecule has 1 heterocycles. The standard InChI is InChI=1S/C23H27N3O3/c1-2-24-23(29)18-11-8-14-26(15-18)16-21(27)25-20-13-7-6-12-19(20)22(28)17-9-4-3-5-10-17/h3-7,9-10,12-13,18H,2,8,11,14-16H2,1H3,(H,24,29)(H,25,27). The van der Waals surface area contributed by atoms with Gasteiger partial charge in [-0.1, -0.05) is 42.5 Å². The maximum atomic E-state index is 12.8. The van der Waals surface area contributed by atoms with Gasteiger partial charge in [-0.2, -0.15) is 0 Å². The fourth-order valence-electron chi connectivity index (χ4n) is 3.66. The van der Waals surface area contributed by atoms with Crippen molar-refractivity contribution in [1.29, 1.82) is 0 Å². The molecule has 1 saturated heterocycles. The maximum absolute atomic E-state index is 12.8. The Morgan fingerprint density at radius 3 is 2.52 bits per heavy atom. The van der Waals surface area contributed by atoms with E-state index in [4.69, 9.17) is 0 Å². The van der Waals surface area contributed by atoms with E-state index in [0.29, 0.717) is 29.9 Å². The first-order valence-corrected chi connectivity index (χ1v) is 10.1. The molecule has 0 saturated carbocycles. The number of carbonyl (C=O) groups excluding carboxylic acids is 3. The van der Waals surface area contributed by atoms with Crippen LogP contribution in [0.2, 0.25) is 0 Å². The normalized spacial score (nSPS) is 16.8. The third-order valence-electron chi connectivity index (χ3n) is 5.08. The van der Waals surface area contributed by atoms with Crippen LogP contribution >= 0.6 is 0 Å². The quantitative estimate of drug-likeness (QED) is 0.709. The smallest absolute Gasteiger partial charge is 0.238 e. The predicted molar refractivity (Wildman–Crippen MR) is 113 cm³/mol. The number of para-hydroxylation sites is 1. The number of benzene rings is 2. The van der Waals surface area contributed by atoms with Crippen LogP contribution in [0, 0.1) is 5.92 Å². The summed E-state index contributed by atoms with van der Waals surface area (Å²) in [5.41, 5.74) is 1.55. The molecule has 29 heavy (non-hydrogen) atoms. The molecule has 1 unspecified atom stereocenters. The minimum atomic E-state index is -0.185. The van der Waals surface area contributed by atoms with E-state index in [-0.39, 0.29) is 30.1 Å². The third-order valence-corrected chi connectivity index (χ3v) is 5.08. The van der Waals surface area contributed by atoms with Gasteiger partial charge < -0.3 is 10.6 Å². The van der Waals surface area contributed by atoms with E-state index in [9.17, 15) is 14.4 Å². The number of likely N-dealkylation sites (tertiary alicyclic amines) is 1. The second-order valence-electron chi connectivity index (χ2n) is 7.26. The van der Waals surface area contributed by atoms with Crippen molar-refractivity contribution in [2.75, 3.05) is 31.5 Å². The fraction of sp³-hybridized carbons (Fsp3) is 0.348. The molecule has 0 spiro atoms. The second-order valence-corrected chi connectivity index (χ2v) is 7.26. The average Bonchev–Trinajstić information content (AvgIpc) is 2.74. The number of nitrogens with zero attached hydrogens (tertiary/aromatic N) is 1. The highest BCUT2D eigenvalue weighted by molar-refractivity contribution is 6.13. The molecule has 1 aliphatic rings. The van der Waals surface area contributed by atoms with Gasteiger partial charge in [0.25, 0.3) is 0 Å². The zero-order chi connectivity index (χ0) is 20.6. The summed E-state index contributed by atoms with van der Waals surface area (Å²) in [6.07, 6.45) is 1.73. The molecule has 0 aromatic heterocycles. The number of hydrogen-bond donors (Lipinski definition) is 2. The van der Waals surface area contributed by atoms with Crippen LogP contribution in [0.1, 0.15) is 35.7 Å². The molecule has 2 aromatic carbocycles. The van der Waals surface area contributed by atoms with Gasteiger partial charge in [-0.25, -0.2) is 0 Å². The summed E-state index contributed by atoms with van der Waals surface area (Å²) in [5.74, 6) is -0.342. The number of nitrogens with one attached hydrogen (secondary N) is 2. The monoisotopic (exact) mass is 393 g/mol. The number of hydrogen-bond acceptors (Lipinski definition) is 4.